The summed E-state index contributed by atoms with van der Waals surface area (Å²) in [6.45, 7) is 2.96. The third-order valence-corrected chi connectivity index (χ3v) is 7.59. The average molecular weight is 475 g/mol. The predicted molar refractivity (Wildman–Crippen MR) is 130 cm³/mol. The summed E-state index contributed by atoms with van der Waals surface area (Å²) in [6, 6.07) is 6.63. The molecule has 0 radical (unpaired) electrons. The van der Waals surface area contributed by atoms with Gasteiger partial charge < -0.3 is 19.9 Å². The van der Waals surface area contributed by atoms with Crippen LogP contribution in [-0.4, -0.2) is 54.2 Å². The number of thiophene rings is 1. The van der Waals surface area contributed by atoms with Crippen LogP contribution in [-0.2, 0) is 17.6 Å². The zero-order valence-corrected chi connectivity index (χ0v) is 19.6. The second-order valence-electron chi connectivity index (χ2n) is 7.94. The van der Waals surface area contributed by atoms with Crippen molar-refractivity contribution in [1.82, 2.24) is 4.90 Å². The molecule has 32 heavy (non-hydrogen) atoms. The lowest BCUT2D eigenvalue weighted by Crippen LogP contribution is -2.50. The molecule has 1 saturated heterocycles. The van der Waals surface area contributed by atoms with Gasteiger partial charge in [0.2, 0.25) is 0 Å². The van der Waals surface area contributed by atoms with Crippen LogP contribution in [0.4, 0.5) is 16.4 Å². The van der Waals surface area contributed by atoms with E-state index in [2.05, 4.69) is 15.1 Å². The maximum atomic E-state index is 12.5. The minimum absolute atomic E-state index is 0.0912. The second-order valence-corrected chi connectivity index (χ2v) is 9.43. The SMILES string of the molecule is COC(=O)c1c(NC(=S)N2CCN(c3ccc([N+](=O)[O-])cc3)CC2)sc2c1CCCCC2. The molecule has 170 valence electrons. The summed E-state index contributed by atoms with van der Waals surface area (Å²) in [5.74, 6) is -0.308. The Morgan fingerprint density at radius 3 is 2.47 bits per heavy atom. The number of rotatable bonds is 4. The van der Waals surface area contributed by atoms with Gasteiger partial charge in [-0.25, -0.2) is 4.79 Å². The highest BCUT2D eigenvalue weighted by molar-refractivity contribution is 7.80. The predicted octanol–water partition coefficient (Wildman–Crippen LogP) is 4.23. The maximum absolute atomic E-state index is 12.5. The van der Waals surface area contributed by atoms with Gasteiger partial charge in [-0.05, 0) is 55.6 Å². The number of benzene rings is 1. The summed E-state index contributed by atoms with van der Waals surface area (Å²) >= 11 is 7.30. The molecular weight excluding hydrogens is 448 g/mol. The number of thiocarbonyl (C=S) groups is 1. The van der Waals surface area contributed by atoms with Crippen LogP contribution in [0.25, 0.3) is 0 Å². The summed E-state index contributed by atoms with van der Waals surface area (Å²) in [4.78, 5) is 28.6. The highest BCUT2D eigenvalue weighted by atomic mass is 32.1. The highest BCUT2D eigenvalue weighted by Crippen LogP contribution is 2.38. The van der Waals surface area contributed by atoms with E-state index in [0.717, 1.165) is 68.1 Å². The van der Waals surface area contributed by atoms with Gasteiger partial charge in [-0.3, -0.25) is 10.1 Å². The lowest BCUT2D eigenvalue weighted by molar-refractivity contribution is -0.384. The van der Waals surface area contributed by atoms with Crippen LogP contribution in [0.5, 0.6) is 0 Å². The molecule has 1 fully saturated rings. The summed E-state index contributed by atoms with van der Waals surface area (Å²) in [7, 11) is 1.42. The Kier molecular flexibility index (Phi) is 6.90. The van der Waals surface area contributed by atoms with Gasteiger partial charge in [0.15, 0.2) is 5.11 Å². The number of non-ortho nitro benzene ring substituents is 1. The molecule has 10 heteroatoms. The number of anilines is 2. The van der Waals surface area contributed by atoms with Crippen LogP contribution >= 0.6 is 23.6 Å². The molecule has 1 N–H and O–H groups in total. The number of nitrogens with zero attached hydrogens (tertiary/aromatic N) is 3. The van der Waals surface area contributed by atoms with Crippen molar-refractivity contribution < 1.29 is 14.5 Å². The largest absolute Gasteiger partial charge is 0.465 e. The van der Waals surface area contributed by atoms with Gasteiger partial charge in [0.05, 0.1) is 17.6 Å². The van der Waals surface area contributed by atoms with Crippen molar-refractivity contribution in [2.45, 2.75) is 32.1 Å². The van der Waals surface area contributed by atoms with E-state index in [0.29, 0.717) is 10.7 Å². The van der Waals surface area contributed by atoms with Gasteiger partial charge in [0.1, 0.15) is 5.00 Å². The number of carbonyl (C=O) groups excluding carboxylic acids is 1. The standard InChI is InChI=1S/C22H26N4O4S2/c1-30-21(27)19-17-5-3-2-4-6-18(17)32-20(19)23-22(31)25-13-11-24(12-14-25)15-7-9-16(10-8-15)26(28)29/h7-10H,2-6,11-14H2,1H3,(H,23,31). The number of fused-ring (bicyclic) bond motifs is 1. The number of ether oxygens (including phenoxy) is 1. The molecule has 0 atom stereocenters. The van der Waals surface area contributed by atoms with Gasteiger partial charge in [-0.15, -0.1) is 11.3 Å². The van der Waals surface area contributed by atoms with Gasteiger partial charge in [-0.2, -0.15) is 0 Å². The number of nitro groups is 1. The van der Waals surface area contributed by atoms with Crippen LogP contribution in [0.15, 0.2) is 24.3 Å². The molecule has 8 nitrogen and oxygen atoms in total. The van der Waals surface area contributed by atoms with E-state index in [1.54, 1.807) is 23.5 Å². The molecule has 2 heterocycles. The van der Waals surface area contributed by atoms with Gasteiger partial charge >= 0.3 is 5.97 Å². The molecule has 1 aromatic carbocycles. The van der Waals surface area contributed by atoms with Crippen LogP contribution in [0, 0.1) is 10.1 Å². The van der Waals surface area contributed by atoms with E-state index in [9.17, 15) is 14.9 Å². The fourth-order valence-corrected chi connectivity index (χ4v) is 5.90. The first-order valence-corrected chi connectivity index (χ1v) is 12.0. The van der Waals surface area contributed by atoms with Crippen LogP contribution in [0.3, 0.4) is 0 Å². The van der Waals surface area contributed by atoms with Gasteiger partial charge in [0, 0.05) is 48.9 Å². The first-order chi connectivity index (χ1) is 15.5. The van der Waals surface area contributed by atoms with Gasteiger partial charge in [-0.1, -0.05) is 6.42 Å². The lowest BCUT2D eigenvalue weighted by Gasteiger charge is -2.37. The highest BCUT2D eigenvalue weighted by Gasteiger charge is 2.27. The number of hydrogen-bond donors (Lipinski definition) is 1. The first kappa shape index (κ1) is 22.5. The van der Waals surface area contributed by atoms with Crippen molar-refractivity contribution in [3.63, 3.8) is 0 Å². The molecular formula is C22H26N4O4S2. The van der Waals surface area contributed by atoms with Crippen LogP contribution < -0.4 is 10.2 Å². The monoisotopic (exact) mass is 474 g/mol. The first-order valence-electron chi connectivity index (χ1n) is 10.8. The molecule has 0 bridgehead atoms. The lowest BCUT2D eigenvalue weighted by atomic mass is 10.1. The smallest absolute Gasteiger partial charge is 0.341 e. The van der Waals surface area contributed by atoms with E-state index in [-0.39, 0.29) is 11.7 Å². The van der Waals surface area contributed by atoms with Crippen LogP contribution in [0.2, 0.25) is 0 Å². The van der Waals surface area contributed by atoms with E-state index in [1.807, 2.05) is 0 Å². The molecule has 4 rings (SSSR count). The summed E-state index contributed by atoms with van der Waals surface area (Å²) in [5, 5.41) is 15.6. The second kappa shape index (κ2) is 9.83. The molecule has 2 aliphatic rings. The fourth-order valence-electron chi connectivity index (χ4n) is 4.28. The molecule has 0 saturated carbocycles. The molecule has 0 unspecified atom stereocenters. The molecule has 1 aliphatic heterocycles. The third-order valence-electron chi connectivity index (χ3n) is 6.02. The molecule has 1 aromatic heterocycles. The minimum Gasteiger partial charge on any atom is -0.465 e. The zero-order valence-electron chi connectivity index (χ0n) is 18.0. The topological polar surface area (TPSA) is 88.0 Å². The van der Waals surface area contributed by atoms with Crippen molar-refractivity contribution in [1.29, 1.82) is 0 Å². The number of hydrogen-bond acceptors (Lipinski definition) is 7. The molecule has 1 aliphatic carbocycles. The Labute approximate surface area is 196 Å². The van der Waals surface area contributed by atoms with E-state index in [1.165, 1.54) is 30.5 Å². The maximum Gasteiger partial charge on any atom is 0.341 e. The normalized spacial score (nSPS) is 16.2. The van der Waals surface area contributed by atoms with E-state index in [4.69, 9.17) is 17.0 Å². The molecule has 0 spiro atoms. The van der Waals surface area contributed by atoms with Crippen molar-refractivity contribution in [3.05, 3.63) is 50.4 Å². The Hall–Kier alpha value is -2.72. The van der Waals surface area contributed by atoms with Gasteiger partial charge in [0.25, 0.3) is 5.69 Å². The molecule has 0 amide bonds. The van der Waals surface area contributed by atoms with Crippen molar-refractivity contribution in [2.75, 3.05) is 43.5 Å². The summed E-state index contributed by atoms with van der Waals surface area (Å²) in [5.41, 5.74) is 2.81. The van der Waals surface area contributed by atoms with Crippen molar-refractivity contribution >= 4 is 51.0 Å². The number of carbonyl (C=O) groups is 1. The van der Waals surface area contributed by atoms with E-state index < -0.39 is 4.92 Å². The number of aryl methyl sites for hydroxylation is 1. The van der Waals surface area contributed by atoms with Crippen molar-refractivity contribution in [3.8, 4) is 0 Å². The number of methoxy groups -OCH3 is 1. The summed E-state index contributed by atoms with van der Waals surface area (Å²) in [6.07, 6.45) is 5.30. The van der Waals surface area contributed by atoms with E-state index >= 15 is 0 Å². The average Bonchev–Trinajstić information content (AvgIpc) is 2.98. The van der Waals surface area contributed by atoms with Crippen molar-refractivity contribution in [2.24, 2.45) is 0 Å². The Balaban J connectivity index is 1.42. The fraction of sp³-hybridized carbons (Fsp3) is 0.455. The summed E-state index contributed by atoms with van der Waals surface area (Å²) < 4.78 is 5.08. The number of nitrogens with one attached hydrogen (secondary N) is 1. The molecule has 2 aromatic rings. The third kappa shape index (κ3) is 4.71. The Bertz CT molecular complexity index is 1010. The van der Waals surface area contributed by atoms with Crippen LogP contribution in [0.1, 0.15) is 40.1 Å². The Morgan fingerprint density at radius 2 is 1.81 bits per heavy atom. The Morgan fingerprint density at radius 1 is 1.12 bits per heavy atom. The minimum atomic E-state index is -0.390. The zero-order chi connectivity index (χ0) is 22.7. The number of nitro benzene ring substituents is 1. The quantitative estimate of drug-likeness (QED) is 0.232. The number of esters is 1. The number of piperazine rings is 1.